The van der Waals surface area contributed by atoms with E-state index in [1.807, 2.05) is 24.3 Å². The molecule has 1 aromatic carbocycles. The van der Waals surface area contributed by atoms with E-state index in [-0.39, 0.29) is 5.91 Å². The maximum atomic E-state index is 11.2. The smallest absolute Gasteiger partial charge is 0.224 e. The summed E-state index contributed by atoms with van der Waals surface area (Å²) in [6.07, 6.45) is 2.00. The quantitative estimate of drug-likeness (QED) is 0.781. The highest BCUT2D eigenvalue weighted by Crippen LogP contribution is 2.19. The molecule has 0 unspecified atom stereocenters. The van der Waals surface area contributed by atoms with Crippen molar-refractivity contribution < 1.29 is 9.21 Å². The highest BCUT2D eigenvalue weighted by molar-refractivity contribution is 5.86. The Morgan fingerprint density at radius 2 is 2.29 bits per heavy atom. The van der Waals surface area contributed by atoms with E-state index in [1.54, 1.807) is 13.3 Å². The number of amides is 1. The van der Waals surface area contributed by atoms with Crippen LogP contribution in [0.15, 0.2) is 34.9 Å². The van der Waals surface area contributed by atoms with Crippen molar-refractivity contribution in [3.8, 4) is 0 Å². The molecule has 2 aromatic rings. The van der Waals surface area contributed by atoms with E-state index in [4.69, 9.17) is 4.42 Å². The number of likely N-dealkylation sites (N-methyl/N-ethyl adjacent to an activating group) is 1. The van der Waals surface area contributed by atoms with Gasteiger partial charge in [0, 0.05) is 18.0 Å². The van der Waals surface area contributed by atoms with Crippen LogP contribution in [0.2, 0.25) is 0 Å². The number of benzene rings is 1. The van der Waals surface area contributed by atoms with Gasteiger partial charge in [-0.05, 0) is 6.07 Å². The molecule has 14 heavy (non-hydrogen) atoms. The van der Waals surface area contributed by atoms with E-state index < -0.39 is 0 Å². The number of fused-ring (bicyclic) bond motifs is 1. The topological polar surface area (TPSA) is 42.2 Å². The summed E-state index contributed by atoms with van der Waals surface area (Å²) in [6, 6.07) is 7.69. The van der Waals surface area contributed by atoms with Crippen LogP contribution >= 0.6 is 0 Å². The van der Waals surface area contributed by atoms with Crippen molar-refractivity contribution in [3.05, 3.63) is 36.1 Å². The number of rotatable bonds is 2. The Bertz CT molecular complexity index is 459. The summed E-state index contributed by atoms with van der Waals surface area (Å²) in [5.41, 5.74) is 1.72. The summed E-state index contributed by atoms with van der Waals surface area (Å²) >= 11 is 0. The molecule has 0 aliphatic heterocycles. The Balaban J connectivity index is 2.41. The number of furan rings is 1. The van der Waals surface area contributed by atoms with Crippen LogP contribution in [0, 0.1) is 0 Å². The predicted octanol–water partition coefficient (Wildman–Crippen LogP) is 1.72. The molecule has 0 bridgehead atoms. The lowest BCUT2D eigenvalue weighted by Crippen LogP contribution is -2.19. The van der Waals surface area contributed by atoms with Crippen molar-refractivity contribution >= 4 is 16.9 Å². The van der Waals surface area contributed by atoms with Crippen molar-refractivity contribution in [1.82, 2.24) is 5.32 Å². The van der Waals surface area contributed by atoms with Crippen molar-refractivity contribution in [1.29, 1.82) is 0 Å². The lowest BCUT2D eigenvalue weighted by molar-refractivity contribution is -0.119. The van der Waals surface area contributed by atoms with Gasteiger partial charge in [-0.2, -0.15) is 0 Å². The van der Waals surface area contributed by atoms with Gasteiger partial charge >= 0.3 is 0 Å². The summed E-state index contributed by atoms with van der Waals surface area (Å²) in [7, 11) is 1.63. The third-order valence-corrected chi connectivity index (χ3v) is 2.19. The van der Waals surface area contributed by atoms with E-state index in [0.717, 1.165) is 16.5 Å². The van der Waals surface area contributed by atoms with E-state index >= 15 is 0 Å². The number of hydrogen-bond acceptors (Lipinski definition) is 2. The first-order valence-corrected chi connectivity index (χ1v) is 4.47. The predicted molar refractivity (Wildman–Crippen MR) is 54.0 cm³/mol. The molecule has 0 saturated heterocycles. The molecule has 1 heterocycles. The highest BCUT2D eigenvalue weighted by Gasteiger charge is 2.07. The molecule has 1 aromatic heterocycles. The van der Waals surface area contributed by atoms with Gasteiger partial charge in [-0.25, -0.2) is 0 Å². The van der Waals surface area contributed by atoms with Gasteiger partial charge in [-0.3, -0.25) is 4.79 Å². The molecule has 1 N–H and O–H groups in total. The monoisotopic (exact) mass is 189 g/mol. The van der Waals surface area contributed by atoms with Crippen LogP contribution in [0.25, 0.3) is 11.0 Å². The summed E-state index contributed by atoms with van der Waals surface area (Å²) in [4.78, 5) is 11.2. The van der Waals surface area contributed by atoms with Crippen molar-refractivity contribution in [2.75, 3.05) is 7.05 Å². The Labute approximate surface area is 81.7 Å². The first kappa shape index (κ1) is 8.81. The molecule has 3 heteroatoms. The normalized spacial score (nSPS) is 10.4. The summed E-state index contributed by atoms with van der Waals surface area (Å²) < 4.78 is 5.31. The molecule has 0 fully saturated rings. The molecule has 0 saturated carbocycles. The zero-order valence-corrected chi connectivity index (χ0v) is 7.91. The van der Waals surface area contributed by atoms with Gasteiger partial charge in [0.15, 0.2) is 0 Å². The van der Waals surface area contributed by atoms with E-state index in [1.165, 1.54) is 0 Å². The van der Waals surface area contributed by atoms with E-state index in [2.05, 4.69) is 5.32 Å². The lowest BCUT2D eigenvalue weighted by atomic mass is 10.1. The summed E-state index contributed by atoms with van der Waals surface area (Å²) in [6.45, 7) is 0. The molecular weight excluding hydrogens is 178 g/mol. The molecule has 0 radical (unpaired) electrons. The second-order valence-corrected chi connectivity index (χ2v) is 3.11. The molecule has 0 spiro atoms. The second kappa shape index (κ2) is 3.54. The van der Waals surface area contributed by atoms with Gasteiger partial charge in [0.05, 0.1) is 12.7 Å². The maximum absolute atomic E-state index is 11.2. The van der Waals surface area contributed by atoms with Crippen molar-refractivity contribution in [3.63, 3.8) is 0 Å². The van der Waals surface area contributed by atoms with E-state index in [0.29, 0.717) is 6.42 Å². The molecular formula is C11H11NO2. The van der Waals surface area contributed by atoms with Crippen LogP contribution in [0.4, 0.5) is 0 Å². The largest absolute Gasteiger partial charge is 0.464 e. The summed E-state index contributed by atoms with van der Waals surface area (Å²) in [5, 5.41) is 3.62. The lowest BCUT2D eigenvalue weighted by Gasteiger charge is -2.00. The maximum Gasteiger partial charge on any atom is 0.224 e. The zero-order valence-electron chi connectivity index (χ0n) is 7.91. The number of nitrogens with one attached hydrogen (secondary N) is 1. The van der Waals surface area contributed by atoms with Gasteiger partial charge in [-0.15, -0.1) is 0 Å². The van der Waals surface area contributed by atoms with Gasteiger partial charge in [0.1, 0.15) is 5.58 Å². The van der Waals surface area contributed by atoms with Gasteiger partial charge in [0.2, 0.25) is 5.91 Å². The molecule has 3 nitrogen and oxygen atoms in total. The van der Waals surface area contributed by atoms with Crippen molar-refractivity contribution in [2.45, 2.75) is 6.42 Å². The molecule has 0 aliphatic carbocycles. The molecule has 1 amide bonds. The SMILES string of the molecule is CNC(=O)Cc1cccc2ccoc12. The second-order valence-electron chi connectivity index (χ2n) is 3.11. The average Bonchev–Trinajstić information content (AvgIpc) is 2.66. The van der Waals surface area contributed by atoms with Crippen LogP contribution in [0.3, 0.4) is 0 Å². The van der Waals surface area contributed by atoms with Gasteiger partial charge in [-0.1, -0.05) is 18.2 Å². The Kier molecular flexibility index (Phi) is 2.23. The zero-order chi connectivity index (χ0) is 9.97. The van der Waals surface area contributed by atoms with Crippen molar-refractivity contribution in [2.24, 2.45) is 0 Å². The minimum Gasteiger partial charge on any atom is -0.464 e. The van der Waals surface area contributed by atoms with Crippen LogP contribution in [0.1, 0.15) is 5.56 Å². The minimum absolute atomic E-state index is 0.00565. The van der Waals surface area contributed by atoms with Gasteiger partial charge in [0.25, 0.3) is 0 Å². The third-order valence-electron chi connectivity index (χ3n) is 2.19. The first-order valence-electron chi connectivity index (χ1n) is 4.47. The van der Waals surface area contributed by atoms with Crippen LogP contribution in [-0.2, 0) is 11.2 Å². The Morgan fingerprint density at radius 1 is 1.43 bits per heavy atom. The minimum atomic E-state index is -0.00565. The fourth-order valence-electron chi connectivity index (χ4n) is 1.46. The highest BCUT2D eigenvalue weighted by atomic mass is 16.3. The number of carbonyl (C=O) groups is 1. The molecule has 0 aliphatic rings. The molecule has 72 valence electrons. The van der Waals surface area contributed by atoms with Crippen LogP contribution < -0.4 is 5.32 Å². The molecule has 2 rings (SSSR count). The van der Waals surface area contributed by atoms with E-state index in [9.17, 15) is 4.79 Å². The van der Waals surface area contributed by atoms with Crippen LogP contribution in [-0.4, -0.2) is 13.0 Å². The third kappa shape index (κ3) is 1.48. The summed E-state index contributed by atoms with van der Waals surface area (Å²) in [5.74, 6) is -0.00565. The Hall–Kier alpha value is -1.77. The number of carbonyl (C=O) groups excluding carboxylic acids is 1. The van der Waals surface area contributed by atoms with Gasteiger partial charge < -0.3 is 9.73 Å². The standard InChI is InChI=1S/C11H11NO2/c1-12-10(13)7-9-4-2-3-8-5-6-14-11(8)9/h2-6H,7H2,1H3,(H,12,13). The number of hydrogen-bond donors (Lipinski definition) is 1. The number of para-hydroxylation sites is 1. The average molecular weight is 189 g/mol. The first-order chi connectivity index (χ1) is 6.81. The molecule has 0 atom stereocenters. The fraction of sp³-hybridized carbons (Fsp3) is 0.182. The Morgan fingerprint density at radius 3 is 3.07 bits per heavy atom. The van der Waals surface area contributed by atoms with Crippen LogP contribution in [0.5, 0.6) is 0 Å². The fourth-order valence-corrected chi connectivity index (χ4v) is 1.46.